The van der Waals surface area contributed by atoms with Gasteiger partial charge in [0.1, 0.15) is 5.82 Å². The first kappa shape index (κ1) is 13.8. The van der Waals surface area contributed by atoms with Crippen molar-refractivity contribution < 1.29 is 9.18 Å². The lowest BCUT2D eigenvalue weighted by atomic mass is 9.96. The van der Waals surface area contributed by atoms with Crippen molar-refractivity contribution in [1.29, 1.82) is 0 Å². The van der Waals surface area contributed by atoms with Crippen LogP contribution in [-0.2, 0) is 4.79 Å². The van der Waals surface area contributed by atoms with Gasteiger partial charge in [-0.15, -0.1) is 0 Å². The predicted molar refractivity (Wildman–Crippen MR) is 75.8 cm³/mol. The van der Waals surface area contributed by atoms with E-state index >= 15 is 0 Å². The summed E-state index contributed by atoms with van der Waals surface area (Å²) < 4.78 is 13.2. The third-order valence-electron chi connectivity index (χ3n) is 4.14. The Balaban J connectivity index is 2.02. The van der Waals surface area contributed by atoms with E-state index in [1.54, 1.807) is 6.07 Å². The number of hydrogen-bond acceptors (Lipinski definition) is 2. The smallest absolute Gasteiger partial charge is 0.223 e. The molecule has 3 nitrogen and oxygen atoms in total. The minimum absolute atomic E-state index is 0.144. The number of rotatable bonds is 2. The monoisotopic (exact) mass is 296 g/mol. The number of nitrogens with zero attached hydrogens (tertiary/aromatic N) is 1. The number of hydrogen-bond donors (Lipinski definition) is 1. The highest BCUT2D eigenvalue weighted by atomic mass is 35.5. The van der Waals surface area contributed by atoms with Crippen LogP contribution in [0, 0.1) is 5.82 Å². The van der Waals surface area contributed by atoms with Crippen LogP contribution in [0.3, 0.4) is 0 Å². The molecule has 20 heavy (non-hydrogen) atoms. The van der Waals surface area contributed by atoms with Crippen LogP contribution in [0.1, 0.15) is 43.7 Å². The maximum absolute atomic E-state index is 13.2. The molecule has 2 unspecified atom stereocenters. The van der Waals surface area contributed by atoms with Crippen LogP contribution in [-0.4, -0.2) is 22.9 Å². The molecule has 0 spiro atoms. The van der Waals surface area contributed by atoms with Crippen molar-refractivity contribution in [3.8, 4) is 0 Å². The highest BCUT2D eigenvalue weighted by molar-refractivity contribution is 6.31. The molecule has 108 valence electrons. The molecule has 1 saturated carbocycles. The molecule has 5 heteroatoms. The van der Waals surface area contributed by atoms with Crippen LogP contribution in [0.25, 0.3) is 0 Å². The zero-order chi connectivity index (χ0) is 14.3. The first-order valence-electron chi connectivity index (χ1n) is 7.09. The summed E-state index contributed by atoms with van der Waals surface area (Å²) in [6.07, 6.45) is 4.17. The van der Waals surface area contributed by atoms with Crippen molar-refractivity contribution in [2.45, 2.75) is 50.2 Å². The fourth-order valence-corrected chi connectivity index (χ4v) is 3.32. The lowest BCUT2D eigenvalue weighted by molar-refractivity contribution is -0.133. The van der Waals surface area contributed by atoms with Crippen LogP contribution < -0.4 is 5.73 Å². The Morgan fingerprint density at radius 2 is 2.05 bits per heavy atom. The molecule has 1 aliphatic heterocycles. The quantitative estimate of drug-likeness (QED) is 0.912. The lowest BCUT2D eigenvalue weighted by Crippen LogP contribution is -2.43. The molecule has 2 aliphatic rings. The van der Waals surface area contributed by atoms with Crippen molar-refractivity contribution >= 4 is 17.5 Å². The second-order valence-corrected chi connectivity index (χ2v) is 6.11. The maximum Gasteiger partial charge on any atom is 0.223 e. The van der Waals surface area contributed by atoms with Crippen LogP contribution in [0.4, 0.5) is 4.39 Å². The molecule has 1 heterocycles. The van der Waals surface area contributed by atoms with Gasteiger partial charge in [-0.3, -0.25) is 4.79 Å². The van der Waals surface area contributed by atoms with Crippen molar-refractivity contribution in [3.63, 3.8) is 0 Å². The molecule has 2 fully saturated rings. The van der Waals surface area contributed by atoms with Crippen LogP contribution in [0.5, 0.6) is 0 Å². The summed E-state index contributed by atoms with van der Waals surface area (Å²) >= 11 is 6.19. The summed E-state index contributed by atoms with van der Waals surface area (Å²) in [4.78, 5) is 14.3. The van der Waals surface area contributed by atoms with E-state index in [1.807, 2.05) is 4.90 Å². The molecule has 0 bridgehead atoms. The van der Waals surface area contributed by atoms with E-state index in [-0.39, 0.29) is 29.8 Å². The third-order valence-corrected chi connectivity index (χ3v) is 4.47. The van der Waals surface area contributed by atoms with E-state index in [9.17, 15) is 9.18 Å². The topological polar surface area (TPSA) is 46.3 Å². The summed E-state index contributed by atoms with van der Waals surface area (Å²) in [6.45, 7) is 0. The van der Waals surface area contributed by atoms with Gasteiger partial charge >= 0.3 is 0 Å². The number of nitrogens with two attached hydrogens (primary N) is 1. The van der Waals surface area contributed by atoms with Crippen molar-refractivity contribution in [2.75, 3.05) is 0 Å². The van der Waals surface area contributed by atoms with Gasteiger partial charge in [0.25, 0.3) is 0 Å². The Morgan fingerprint density at radius 3 is 2.70 bits per heavy atom. The Kier molecular flexibility index (Phi) is 3.69. The number of carbonyl (C=O) groups excluding carboxylic acids is 1. The van der Waals surface area contributed by atoms with Gasteiger partial charge in [-0.25, -0.2) is 4.39 Å². The van der Waals surface area contributed by atoms with Gasteiger partial charge in [0.2, 0.25) is 5.91 Å². The molecular weight excluding hydrogens is 279 g/mol. The molecule has 1 aliphatic carbocycles. The summed E-state index contributed by atoms with van der Waals surface area (Å²) in [5.74, 6) is -0.226. The third kappa shape index (κ3) is 2.54. The summed E-state index contributed by atoms with van der Waals surface area (Å²) in [7, 11) is 0. The standard InChI is InChI=1S/C15H18ClFN2O/c16-12-8-9(17)4-7-11(12)15-13(18)2-1-3-14(20)19(15)10-5-6-10/h4,7-8,10,13,15H,1-3,5-6,18H2. The number of benzene rings is 1. The molecular formula is C15H18ClFN2O. The van der Waals surface area contributed by atoms with E-state index in [0.29, 0.717) is 11.4 Å². The number of likely N-dealkylation sites (tertiary alicyclic amines) is 1. The van der Waals surface area contributed by atoms with Gasteiger partial charge in [0.05, 0.1) is 6.04 Å². The molecule has 3 rings (SSSR count). The average Bonchev–Trinajstić information content (AvgIpc) is 3.20. The van der Waals surface area contributed by atoms with Crippen LogP contribution in [0.2, 0.25) is 5.02 Å². The maximum atomic E-state index is 13.2. The predicted octanol–water partition coefficient (Wildman–Crippen LogP) is 3.02. The number of amides is 1. The average molecular weight is 297 g/mol. The van der Waals surface area contributed by atoms with Crippen molar-refractivity contribution in [1.82, 2.24) is 4.90 Å². The highest BCUT2D eigenvalue weighted by Gasteiger charge is 2.42. The van der Waals surface area contributed by atoms with Crippen LogP contribution >= 0.6 is 11.6 Å². The largest absolute Gasteiger partial charge is 0.331 e. The molecule has 2 atom stereocenters. The number of halogens is 2. The molecule has 1 aromatic rings. The normalized spacial score (nSPS) is 27.6. The van der Waals surface area contributed by atoms with Gasteiger partial charge in [-0.05, 0) is 43.4 Å². The van der Waals surface area contributed by atoms with Gasteiger partial charge in [0, 0.05) is 23.5 Å². The fraction of sp³-hybridized carbons (Fsp3) is 0.533. The van der Waals surface area contributed by atoms with Gasteiger partial charge < -0.3 is 10.6 Å². The molecule has 1 amide bonds. The highest BCUT2D eigenvalue weighted by Crippen LogP contribution is 2.41. The van der Waals surface area contributed by atoms with Crippen molar-refractivity contribution in [2.24, 2.45) is 5.73 Å². The Bertz CT molecular complexity index is 533. The zero-order valence-corrected chi connectivity index (χ0v) is 11.9. The fourth-order valence-electron chi connectivity index (χ4n) is 3.04. The van der Waals surface area contributed by atoms with E-state index in [0.717, 1.165) is 31.2 Å². The van der Waals surface area contributed by atoms with Gasteiger partial charge in [-0.2, -0.15) is 0 Å². The van der Waals surface area contributed by atoms with Crippen LogP contribution in [0.15, 0.2) is 18.2 Å². The van der Waals surface area contributed by atoms with Gasteiger partial charge in [0.15, 0.2) is 0 Å². The Labute approximate surface area is 122 Å². The second-order valence-electron chi connectivity index (χ2n) is 5.70. The minimum atomic E-state index is -0.370. The SMILES string of the molecule is NC1CCCC(=O)N(C2CC2)C1c1ccc(F)cc1Cl. The zero-order valence-electron chi connectivity index (χ0n) is 11.2. The Hall–Kier alpha value is -1.13. The van der Waals surface area contributed by atoms with Gasteiger partial charge in [-0.1, -0.05) is 17.7 Å². The van der Waals surface area contributed by atoms with E-state index < -0.39 is 0 Å². The minimum Gasteiger partial charge on any atom is -0.331 e. The Morgan fingerprint density at radius 1 is 1.30 bits per heavy atom. The first-order chi connectivity index (χ1) is 9.58. The molecule has 0 aromatic heterocycles. The van der Waals surface area contributed by atoms with E-state index in [2.05, 4.69) is 0 Å². The molecule has 2 N–H and O–H groups in total. The first-order valence-corrected chi connectivity index (χ1v) is 7.47. The molecule has 1 saturated heterocycles. The van der Waals surface area contributed by atoms with E-state index in [4.69, 9.17) is 17.3 Å². The summed E-state index contributed by atoms with van der Waals surface area (Å²) in [5, 5.41) is 0.353. The lowest BCUT2D eigenvalue weighted by Gasteiger charge is -2.34. The molecule has 1 aromatic carbocycles. The summed E-state index contributed by atoms with van der Waals surface area (Å²) in [6, 6.07) is 4.24. The van der Waals surface area contributed by atoms with Crippen molar-refractivity contribution in [3.05, 3.63) is 34.6 Å². The summed E-state index contributed by atoms with van der Waals surface area (Å²) in [5.41, 5.74) is 7.06. The second kappa shape index (κ2) is 5.34. The molecule has 0 radical (unpaired) electrons. The van der Waals surface area contributed by atoms with E-state index in [1.165, 1.54) is 12.1 Å². The number of carbonyl (C=O) groups is 1.